The Morgan fingerprint density at radius 1 is 1.21 bits per heavy atom. The standard InChI is InChI=1S/C17H12N2O3S2/c1-11-5-7-13(8-6-11)18-16(20)15(24-17(18)23)10-12-3-2-4-14(9-12)19(21)22/h2-10H,1H3/b15-10-. The normalized spacial score (nSPS) is 16.0. The van der Waals surface area contributed by atoms with Crippen LogP contribution in [0.4, 0.5) is 11.4 Å². The topological polar surface area (TPSA) is 63.5 Å². The molecule has 2 aromatic carbocycles. The van der Waals surface area contributed by atoms with Crippen LogP contribution in [0, 0.1) is 17.0 Å². The van der Waals surface area contributed by atoms with E-state index in [4.69, 9.17) is 12.2 Å². The summed E-state index contributed by atoms with van der Waals surface area (Å²) in [6.07, 6.45) is 1.63. The second-order valence-electron chi connectivity index (χ2n) is 5.20. The van der Waals surface area contributed by atoms with Gasteiger partial charge in [-0.25, -0.2) is 0 Å². The quantitative estimate of drug-likeness (QED) is 0.355. The van der Waals surface area contributed by atoms with Crippen LogP contribution < -0.4 is 4.90 Å². The van der Waals surface area contributed by atoms with Crippen LogP contribution in [0.3, 0.4) is 0 Å². The van der Waals surface area contributed by atoms with E-state index in [1.54, 1.807) is 18.2 Å². The number of nitro benzene ring substituents is 1. The third-order valence-electron chi connectivity index (χ3n) is 3.46. The average molecular weight is 356 g/mol. The Kier molecular flexibility index (Phi) is 4.46. The van der Waals surface area contributed by atoms with E-state index in [1.807, 2.05) is 31.2 Å². The zero-order valence-corrected chi connectivity index (χ0v) is 14.3. The number of thioether (sulfide) groups is 1. The Morgan fingerprint density at radius 3 is 2.58 bits per heavy atom. The van der Waals surface area contributed by atoms with Crippen LogP contribution in [0.15, 0.2) is 53.4 Å². The summed E-state index contributed by atoms with van der Waals surface area (Å²) in [7, 11) is 0. The highest BCUT2D eigenvalue weighted by atomic mass is 32.2. The summed E-state index contributed by atoms with van der Waals surface area (Å²) in [4.78, 5) is 25.0. The molecule has 3 rings (SSSR count). The van der Waals surface area contributed by atoms with E-state index >= 15 is 0 Å². The highest BCUT2D eigenvalue weighted by Gasteiger charge is 2.33. The first kappa shape index (κ1) is 16.4. The zero-order chi connectivity index (χ0) is 17.3. The number of hydrogen-bond donors (Lipinski definition) is 0. The molecule has 0 unspecified atom stereocenters. The van der Waals surface area contributed by atoms with Gasteiger partial charge in [-0.15, -0.1) is 0 Å². The lowest BCUT2D eigenvalue weighted by atomic mass is 10.2. The first-order valence-electron chi connectivity index (χ1n) is 7.05. The van der Waals surface area contributed by atoms with Crippen molar-refractivity contribution in [1.82, 2.24) is 0 Å². The van der Waals surface area contributed by atoms with Crippen LogP contribution in [0.2, 0.25) is 0 Å². The van der Waals surface area contributed by atoms with Gasteiger partial charge in [0.15, 0.2) is 4.32 Å². The van der Waals surface area contributed by atoms with Crippen molar-refractivity contribution >= 4 is 51.7 Å². The molecular formula is C17H12N2O3S2. The molecule has 24 heavy (non-hydrogen) atoms. The largest absolute Gasteiger partial charge is 0.270 e. The molecule has 0 aromatic heterocycles. The molecule has 120 valence electrons. The Morgan fingerprint density at radius 2 is 1.92 bits per heavy atom. The fraction of sp³-hybridized carbons (Fsp3) is 0.0588. The van der Waals surface area contributed by atoms with E-state index in [1.165, 1.54) is 28.8 Å². The van der Waals surface area contributed by atoms with Crippen LogP contribution >= 0.6 is 24.0 Å². The minimum atomic E-state index is -0.463. The lowest BCUT2D eigenvalue weighted by Gasteiger charge is -2.14. The van der Waals surface area contributed by atoms with E-state index in [9.17, 15) is 14.9 Å². The number of aryl methyl sites for hydroxylation is 1. The van der Waals surface area contributed by atoms with Crippen molar-refractivity contribution < 1.29 is 9.72 Å². The molecule has 0 spiro atoms. The smallest absolute Gasteiger partial charge is 0.268 e. The fourth-order valence-corrected chi connectivity index (χ4v) is 3.56. The molecule has 5 nitrogen and oxygen atoms in total. The minimum Gasteiger partial charge on any atom is -0.268 e. The van der Waals surface area contributed by atoms with Gasteiger partial charge in [0.25, 0.3) is 11.6 Å². The molecule has 1 saturated heterocycles. The summed E-state index contributed by atoms with van der Waals surface area (Å²) in [5, 5.41) is 10.9. The van der Waals surface area contributed by atoms with E-state index in [-0.39, 0.29) is 11.6 Å². The van der Waals surface area contributed by atoms with Crippen LogP contribution in [0.5, 0.6) is 0 Å². The number of carbonyl (C=O) groups is 1. The van der Waals surface area contributed by atoms with Gasteiger partial charge in [-0.2, -0.15) is 0 Å². The monoisotopic (exact) mass is 356 g/mol. The summed E-state index contributed by atoms with van der Waals surface area (Å²) in [6.45, 7) is 1.97. The van der Waals surface area contributed by atoms with Gasteiger partial charge in [-0.1, -0.05) is 53.8 Å². The van der Waals surface area contributed by atoms with Crippen molar-refractivity contribution in [2.45, 2.75) is 6.92 Å². The van der Waals surface area contributed by atoms with Crippen molar-refractivity contribution in [2.24, 2.45) is 0 Å². The van der Waals surface area contributed by atoms with Crippen LogP contribution in [0.1, 0.15) is 11.1 Å². The number of rotatable bonds is 3. The second-order valence-corrected chi connectivity index (χ2v) is 6.88. The van der Waals surface area contributed by atoms with Crippen molar-refractivity contribution in [3.05, 3.63) is 74.7 Å². The number of amides is 1. The maximum absolute atomic E-state index is 12.6. The van der Waals surface area contributed by atoms with Gasteiger partial charge < -0.3 is 0 Å². The third-order valence-corrected chi connectivity index (χ3v) is 4.77. The van der Waals surface area contributed by atoms with Gasteiger partial charge in [-0.3, -0.25) is 19.8 Å². The summed E-state index contributed by atoms with van der Waals surface area (Å²) in [5.74, 6) is -0.222. The van der Waals surface area contributed by atoms with Crippen LogP contribution in [-0.4, -0.2) is 15.2 Å². The van der Waals surface area contributed by atoms with Gasteiger partial charge in [-0.05, 0) is 30.7 Å². The summed E-state index contributed by atoms with van der Waals surface area (Å²) < 4.78 is 0.445. The molecule has 1 aliphatic rings. The highest BCUT2D eigenvalue weighted by Crippen LogP contribution is 2.36. The summed E-state index contributed by atoms with van der Waals surface area (Å²) >= 11 is 6.50. The number of thiocarbonyl (C=S) groups is 1. The second kappa shape index (κ2) is 6.54. The van der Waals surface area contributed by atoms with Crippen LogP contribution in [-0.2, 0) is 4.79 Å². The van der Waals surface area contributed by atoms with Gasteiger partial charge in [0.05, 0.1) is 15.5 Å². The molecule has 2 aromatic rings. The molecule has 0 aliphatic carbocycles. The molecule has 0 atom stereocenters. The molecule has 1 heterocycles. The lowest BCUT2D eigenvalue weighted by Crippen LogP contribution is -2.27. The van der Waals surface area contributed by atoms with Crippen molar-refractivity contribution in [1.29, 1.82) is 0 Å². The average Bonchev–Trinajstić information content (AvgIpc) is 2.83. The van der Waals surface area contributed by atoms with Gasteiger partial charge in [0.1, 0.15) is 0 Å². The third kappa shape index (κ3) is 3.22. The van der Waals surface area contributed by atoms with Gasteiger partial charge in [0.2, 0.25) is 0 Å². The Balaban J connectivity index is 1.92. The van der Waals surface area contributed by atoms with Gasteiger partial charge >= 0.3 is 0 Å². The van der Waals surface area contributed by atoms with E-state index in [0.717, 1.165) is 5.56 Å². The molecule has 1 fully saturated rings. The number of anilines is 1. The Labute approximate surface area is 148 Å². The lowest BCUT2D eigenvalue weighted by molar-refractivity contribution is -0.384. The summed E-state index contributed by atoms with van der Waals surface area (Å²) in [6, 6.07) is 13.7. The maximum Gasteiger partial charge on any atom is 0.270 e. The number of non-ortho nitro benzene ring substituents is 1. The molecule has 1 amide bonds. The fourth-order valence-electron chi connectivity index (χ4n) is 2.26. The Hall–Kier alpha value is -2.51. The molecule has 0 bridgehead atoms. The first-order chi connectivity index (χ1) is 11.5. The number of nitro groups is 1. The van der Waals surface area contributed by atoms with Gasteiger partial charge in [0, 0.05) is 12.1 Å². The van der Waals surface area contributed by atoms with E-state index in [0.29, 0.717) is 20.5 Å². The van der Waals surface area contributed by atoms with Crippen molar-refractivity contribution in [3.8, 4) is 0 Å². The van der Waals surface area contributed by atoms with Crippen LogP contribution in [0.25, 0.3) is 6.08 Å². The highest BCUT2D eigenvalue weighted by molar-refractivity contribution is 8.27. The number of hydrogen-bond acceptors (Lipinski definition) is 5. The summed E-state index contributed by atoms with van der Waals surface area (Å²) in [5.41, 5.74) is 2.38. The van der Waals surface area contributed by atoms with Crippen molar-refractivity contribution in [3.63, 3.8) is 0 Å². The number of nitrogens with zero attached hydrogens (tertiary/aromatic N) is 2. The Bertz CT molecular complexity index is 876. The minimum absolute atomic E-state index is 0.0160. The zero-order valence-electron chi connectivity index (χ0n) is 12.6. The number of carbonyl (C=O) groups excluding carboxylic acids is 1. The molecule has 0 saturated carbocycles. The molecular weight excluding hydrogens is 344 g/mol. The number of benzene rings is 2. The maximum atomic E-state index is 12.6. The van der Waals surface area contributed by atoms with E-state index < -0.39 is 4.92 Å². The van der Waals surface area contributed by atoms with Crippen molar-refractivity contribution in [2.75, 3.05) is 4.90 Å². The molecule has 0 radical (unpaired) electrons. The van der Waals surface area contributed by atoms with E-state index in [2.05, 4.69) is 0 Å². The molecule has 1 aliphatic heterocycles. The first-order valence-corrected chi connectivity index (χ1v) is 8.27. The predicted molar refractivity (Wildman–Crippen MR) is 99.9 cm³/mol. The SMILES string of the molecule is Cc1ccc(N2C(=O)/C(=C/c3cccc([N+](=O)[O-])c3)SC2=S)cc1. The molecule has 7 heteroatoms. The predicted octanol–water partition coefficient (Wildman–Crippen LogP) is 4.31. The molecule has 0 N–H and O–H groups in total.